The van der Waals surface area contributed by atoms with E-state index in [2.05, 4.69) is 5.10 Å². The SMILES string of the molecule is Cc1nn(-c2ccc(O)cc2)c2ccc(N)cc12. The molecule has 1 aromatic heterocycles. The monoisotopic (exact) mass is 239 g/mol. The molecule has 0 aliphatic rings. The predicted molar refractivity (Wildman–Crippen MR) is 71.9 cm³/mol. The normalized spacial score (nSPS) is 10.9. The molecule has 4 heteroatoms. The van der Waals surface area contributed by atoms with Crippen molar-refractivity contribution in [3.8, 4) is 11.4 Å². The first-order chi connectivity index (χ1) is 8.65. The highest BCUT2D eigenvalue weighted by Gasteiger charge is 2.08. The molecule has 1 heterocycles. The number of phenols is 1. The Morgan fingerprint density at radius 2 is 1.83 bits per heavy atom. The van der Waals surface area contributed by atoms with Gasteiger partial charge in [-0.05, 0) is 49.4 Å². The summed E-state index contributed by atoms with van der Waals surface area (Å²) in [6.45, 7) is 1.96. The van der Waals surface area contributed by atoms with E-state index in [1.165, 1.54) is 0 Å². The summed E-state index contributed by atoms with van der Waals surface area (Å²) in [7, 11) is 0. The van der Waals surface area contributed by atoms with Gasteiger partial charge in [0, 0.05) is 11.1 Å². The third kappa shape index (κ3) is 1.59. The molecule has 0 aliphatic heterocycles. The molecular formula is C14H13N3O. The smallest absolute Gasteiger partial charge is 0.115 e. The van der Waals surface area contributed by atoms with Crippen molar-refractivity contribution in [3.05, 3.63) is 48.2 Å². The van der Waals surface area contributed by atoms with Crippen LogP contribution < -0.4 is 5.73 Å². The van der Waals surface area contributed by atoms with Crippen molar-refractivity contribution in [2.75, 3.05) is 5.73 Å². The first-order valence-electron chi connectivity index (χ1n) is 5.69. The summed E-state index contributed by atoms with van der Waals surface area (Å²) in [4.78, 5) is 0. The van der Waals surface area contributed by atoms with E-state index in [1.807, 2.05) is 41.9 Å². The van der Waals surface area contributed by atoms with Gasteiger partial charge in [0.15, 0.2) is 0 Å². The van der Waals surface area contributed by atoms with Gasteiger partial charge in [0.2, 0.25) is 0 Å². The van der Waals surface area contributed by atoms with Crippen molar-refractivity contribution in [2.45, 2.75) is 6.92 Å². The van der Waals surface area contributed by atoms with Gasteiger partial charge < -0.3 is 10.8 Å². The molecule has 0 atom stereocenters. The Morgan fingerprint density at radius 3 is 2.56 bits per heavy atom. The first-order valence-corrected chi connectivity index (χ1v) is 5.69. The van der Waals surface area contributed by atoms with Gasteiger partial charge in [-0.1, -0.05) is 0 Å². The van der Waals surface area contributed by atoms with E-state index in [4.69, 9.17) is 5.73 Å². The number of aromatic hydroxyl groups is 1. The molecule has 0 fully saturated rings. The van der Waals surface area contributed by atoms with E-state index < -0.39 is 0 Å². The molecule has 0 unspecified atom stereocenters. The van der Waals surface area contributed by atoms with Crippen LogP contribution in [0.15, 0.2) is 42.5 Å². The third-order valence-corrected chi connectivity index (χ3v) is 2.98. The number of phenolic OH excluding ortho intramolecular Hbond substituents is 1. The zero-order valence-electron chi connectivity index (χ0n) is 9.96. The highest BCUT2D eigenvalue weighted by Crippen LogP contribution is 2.24. The van der Waals surface area contributed by atoms with E-state index in [-0.39, 0.29) is 5.75 Å². The minimum atomic E-state index is 0.246. The van der Waals surface area contributed by atoms with E-state index in [9.17, 15) is 5.11 Å². The summed E-state index contributed by atoms with van der Waals surface area (Å²) in [5.41, 5.74) is 9.38. The number of fused-ring (bicyclic) bond motifs is 1. The lowest BCUT2D eigenvalue weighted by Crippen LogP contribution is -1.95. The van der Waals surface area contributed by atoms with Crippen molar-refractivity contribution < 1.29 is 5.11 Å². The molecule has 3 aromatic rings. The van der Waals surface area contributed by atoms with Crippen LogP contribution in [0.3, 0.4) is 0 Å². The number of benzene rings is 2. The fourth-order valence-electron chi connectivity index (χ4n) is 2.08. The number of anilines is 1. The number of hydrogen-bond acceptors (Lipinski definition) is 3. The molecule has 0 aliphatic carbocycles. The topological polar surface area (TPSA) is 64.1 Å². The van der Waals surface area contributed by atoms with Crippen molar-refractivity contribution in [3.63, 3.8) is 0 Å². The highest BCUT2D eigenvalue weighted by atomic mass is 16.3. The largest absolute Gasteiger partial charge is 0.508 e. The maximum atomic E-state index is 9.31. The fourth-order valence-corrected chi connectivity index (χ4v) is 2.08. The molecule has 0 amide bonds. The second-order valence-electron chi connectivity index (χ2n) is 4.29. The van der Waals surface area contributed by atoms with Crippen molar-refractivity contribution in [1.82, 2.24) is 9.78 Å². The summed E-state index contributed by atoms with van der Waals surface area (Å²) >= 11 is 0. The van der Waals surface area contributed by atoms with Gasteiger partial charge in [-0.15, -0.1) is 0 Å². The lowest BCUT2D eigenvalue weighted by Gasteiger charge is -2.03. The zero-order chi connectivity index (χ0) is 12.7. The van der Waals surface area contributed by atoms with Crippen LogP contribution in [0.2, 0.25) is 0 Å². The van der Waals surface area contributed by atoms with E-state index in [1.54, 1.807) is 12.1 Å². The standard InChI is InChI=1S/C14H13N3O/c1-9-13-8-10(15)2-7-14(13)17(16-9)11-3-5-12(18)6-4-11/h2-8,18H,15H2,1H3. The number of aromatic nitrogens is 2. The Labute approximate surface area is 104 Å². The quantitative estimate of drug-likeness (QED) is 0.641. The lowest BCUT2D eigenvalue weighted by atomic mass is 10.2. The maximum absolute atomic E-state index is 9.31. The number of rotatable bonds is 1. The van der Waals surface area contributed by atoms with Crippen LogP contribution in [0.4, 0.5) is 5.69 Å². The zero-order valence-corrected chi connectivity index (χ0v) is 9.96. The predicted octanol–water partition coefficient (Wildman–Crippen LogP) is 2.62. The second kappa shape index (κ2) is 3.77. The number of nitrogens with zero attached hydrogens (tertiary/aromatic N) is 2. The minimum Gasteiger partial charge on any atom is -0.508 e. The molecule has 0 saturated heterocycles. The molecule has 0 spiro atoms. The van der Waals surface area contributed by atoms with Crippen LogP contribution in [0, 0.1) is 6.92 Å². The van der Waals surface area contributed by atoms with Crippen molar-refractivity contribution in [2.24, 2.45) is 0 Å². The summed E-state index contributed by atoms with van der Waals surface area (Å²) in [6, 6.07) is 12.7. The van der Waals surface area contributed by atoms with Crippen LogP contribution in [0.5, 0.6) is 5.75 Å². The first kappa shape index (κ1) is 10.7. The van der Waals surface area contributed by atoms with Crippen LogP contribution in [0.25, 0.3) is 16.6 Å². The van der Waals surface area contributed by atoms with Gasteiger partial charge in [0.05, 0.1) is 16.9 Å². The number of nitrogens with two attached hydrogens (primary N) is 1. The number of nitrogen functional groups attached to an aromatic ring is 1. The van der Waals surface area contributed by atoms with Crippen LogP contribution >= 0.6 is 0 Å². The molecule has 2 aromatic carbocycles. The molecule has 0 bridgehead atoms. The van der Waals surface area contributed by atoms with Crippen molar-refractivity contribution >= 4 is 16.6 Å². The molecule has 18 heavy (non-hydrogen) atoms. The Morgan fingerprint density at radius 1 is 1.11 bits per heavy atom. The molecule has 3 N–H and O–H groups in total. The van der Waals surface area contributed by atoms with Gasteiger partial charge in [-0.2, -0.15) is 5.10 Å². The minimum absolute atomic E-state index is 0.246. The molecule has 4 nitrogen and oxygen atoms in total. The molecular weight excluding hydrogens is 226 g/mol. The van der Waals surface area contributed by atoms with Gasteiger partial charge >= 0.3 is 0 Å². The average molecular weight is 239 g/mol. The Balaban J connectivity index is 2.26. The third-order valence-electron chi connectivity index (χ3n) is 2.98. The van der Waals surface area contributed by atoms with E-state index in [0.717, 1.165) is 28.0 Å². The Bertz CT molecular complexity index is 714. The number of aryl methyl sites for hydroxylation is 1. The van der Waals surface area contributed by atoms with E-state index >= 15 is 0 Å². The number of hydrogen-bond donors (Lipinski definition) is 2. The lowest BCUT2D eigenvalue weighted by molar-refractivity contribution is 0.475. The van der Waals surface area contributed by atoms with E-state index in [0.29, 0.717) is 0 Å². The summed E-state index contributed by atoms with van der Waals surface area (Å²) < 4.78 is 1.85. The second-order valence-corrected chi connectivity index (χ2v) is 4.29. The van der Waals surface area contributed by atoms with Gasteiger partial charge in [0.25, 0.3) is 0 Å². The molecule has 0 radical (unpaired) electrons. The Kier molecular flexibility index (Phi) is 2.23. The van der Waals surface area contributed by atoms with Gasteiger partial charge in [-0.25, -0.2) is 4.68 Å². The van der Waals surface area contributed by atoms with Crippen molar-refractivity contribution in [1.29, 1.82) is 0 Å². The maximum Gasteiger partial charge on any atom is 0.115 e. The molecule has 90 valence electrons. The summed E-state index contributed by atoms with van der Waals surface area (Å²) in [5.74, 6) is 0.246. The molecule has 3 rings (SSSR count). The summed E-state index contributed by atoms with van der Waals surface area (Å²) in [5, 5.41) is 14.9. The average Bonchev–Trinajstić information content (AvgIpc) is 2.68. The fraction of sp³-hybridized carbons (Fsp3) is 0.0714. The van der Waals surface area contributed by atoms with Gasteiger partial charge in [-0.3, -0.25) is 0 Å². The molecule has 0 saturated carbocycles. The van der Waals surface area contributed by atoms with Crippen LogP contribution in [0.1, 0.15) is 5.69 Å². The summed E-state index contributed by atoms with van der Waals surface area (Å²) in [6.07, 6.45) is 0. The Hall–Kier alpha value is -2.49. The van der Waals surface area contributed by atoms with Gasteiger partial charge in [0.1, 0.15) is 5.75 Å². The van der Waals surface area contributed by atoms with Crippen LogP contribution in [-0.2, 0) is 0 Å². The van der Waals surface area contributed by atoms with Crippen LogP contribution in [-0.4, -0.2) is 14.9 Å². The highest BCUT2D eigenvalue weighted by molar-refractivity contribution is 5.86.